The lowest BCUT2D eigenvalue weighted by Crippen LogP contribution is -2.44. The van der Waals surface area contributed by atoms with Gasteiger partial charge in [0.25, 0.3) is 0 Å². The molecule has 1 aliphatic heterocycles. The maximum Gasteiger partial charge on any atom is 0.249 e. The van der Waals surface area contributed by atoms with Gasteiger partial charge in [0.1, 0.15) is 5.82 Å². The standard InChI is InChI=1S/C12H17FN2O3/c1-12(2)7-17-8(6-18-12)5-14-11-9(13)3-4-10(16)15-11/h3-4,8H,5-7H2,1-2H3,(H2,14,15,16). The minimum absolute atomic E-state index is 0.0796. The Labute approximate surface area is 104 Å². The molecule has 2 heterocycles. The molecule has 0 amide bonds. The topological polar surface area (TPSA) is 63.3 Å². The highest BCUT2D eigenvalue weighted by Gasteiger charge is 2.28. The number of pyridine rings is 1. The van der Waals surface area contributed by atoms with Crippen molar-refractivity contribution in [1.29, 1.82) is 0 Å². The molecule has 1 aliphatic rings. The van der Waals surface area contributed by atoms with E-state index in [4.69, 9.17) is 9.47 Å². The monoisotopic (exact) mass is 256 g/mol. The van der Waals surface area contributed by atoms with Crippen LogP contribution in [0.2, 0.25) is 0 Å². The summed E-state index contributed by atoms with van der Waals surface area (Å²) in [5.41, 5.74) is -0.621. The summed E-state index contributed by atoms with van der Waals surface area (Å²) in [6.07, 6.45) is -0.152. The van der Waals surface area contributed by atoms with E-state index in [1.165, 1.54) is 0 Å². The molecule has 0 bridgehead atoms. The van der Waals surface area contributed by atoms with Gasteiger partial charge in [0.2, 0.25) is 5.56 Å². The van der Waals surface area contributed by atoms with Crippen LogP contribution >= 0.6 is 0 Å². The first-order valence-electron chi connectivity index (χ1n) is 5.84. The third-order valence-electron chi connectivity index (χ3n) is 2.70. The molecule has 5 nitrogen and oxygen atoms in total. The molecule has 0 spiro atoms. The van der Waals surface area contributed by atoms with Crippen molar-refractivity contribution >= 4 is 5.82 Å². The molecule has 0 aliphatic carbocycles. The molecule has 6 heteroatoms. The molecule has 1 aromatic rings. The van der Waals surface area contributed by atoms with Gasteiger partial charge < -0.3 is 19.8 Å². The second-order valence-corrected chi connectivity index (χ2v) is 4.93. The van der Waals surface area contributed by atoms with Gasteiger partial charge in [0.15, 0.2) is 5.82 Å². The SMILES string of the molecule is CC1(C)COC(CNc2[nH]c(=O)ccc2F)CO1. The summed E-state index contributed by atoms with van der Waals surface area (Å²) in [5.74, 6) is -0.414. The minimum Gasteiger partial charge on any atom is -0.371 e. The molecule has 1 unspecified atom stereocenters. The molecular formula is C12H17FN2O3. The van der Waals surface area contributed by atoms with E-state index in [1.54, 1.807) is 0 Å². The van der Waals surface area contributed by atoms with Gasteiger partial charge in [0.05, 0.1) is 24.9 Å². The van der Waals surface area contributed by atoms with Crippen LogP contribution in [0.3, 0.4) is 0 Å². The van der Waals surface area contributed by atoms with Gasteiger partial charge in [0, 0.05) is 12.6 Å². The number of H-pyrrole nitrogens is 1. The lowest BCUT2D eigenvalue weighted by atomic mass is 10.1. The average molecular weight is 256 g/mol. The Kier molecular flexibility index (Phi) is 3.68. The molecule has 18 heavy (non-hydrogen) atoms. The van der Waals surface area contributed by atoms with Crippen LogP contribution in [-0.4, -0.2) is 36.4 Å². The van der Waals surface area contributed by atoms with Crippen molar-refractivity contribution in [3.63, 3.8) is 0 Å². The highest BCUT2D eigenvalue weighted by atomic mass is 19.1. The largest absolute Gasteiger partial charge is 0.371 e. The summed E-state index contributed by atoms with van der Waals surface area (Å²) < 4.78 is 24.5. The minimum atomic E-state index is -0.494. The van der Waals surface area contributed by atoms with Crippen molar-refractivity contribution in [2.24, 2.45) is 0 Å². The number of halogens is 1. The van der Waals surface area contributed by atoms with Gasteiger partial charge in [-0.25, -0.2) is 4.39 Å². The van der Waals surface area contributed by atoms with E-state index in [0.717, 1.165) is 12.1 Å². The number of aromatic nitrogens is 1. The second-order valence-electron chi connectivity index (χ2n) is 4.93. The van der Waals surface area contributed by atoms with E-state index in [-0.39, 0.29) is 23.1 Å². The normalized spacial score (nSPS) is 22.7. The van der Waals surface area contributed by atoms with Crippen molar-refractivity contribution in [2.45, 2.75) is 25.6 Å². The highest BCUT2D eigenvalue weighted by Crippen LogP contribution is 2.17. The van der Waals surface area contributed by atoms with Crippen LogP contribution in [0.5, 0.6) is 0 Å². The van der Waals surface area contributed by atoms with Crippen molar-refractivity contribution in [3.8, 4) is 0 Å². The van der Waals surface area contributed by atoms with E-state index >= 15 is 0 Å². The van der Waals surface area contributed by atoms with E-state index < -0.39 is 5.82 Å². The number of hydrogen-bond donors (Lipinski definition) is 2. The predicted molar refractivity (Wildman–Crippen MR) is 65.3 cm³/mol. The summed E-state index contributed by atoms with van der Waals surface area (Å²) in [4.78, 5) is 13.5. The molecule has 1 aromatic heterocycles. The van der Waals surface area contributed by atoms with Crippen molar-refractivity contribution in [2.75, 3.05) is 25.1 Å². The highest BCUT2D eigenvalue weighted by molar-refractivity contribution is 5.35. The van der Waals surface area contributed by atoms with Gasteiger partial charge >= 0.3 is 0 Å². The third kappa shape index (κ3) is 3.30. The maximum atomic E-state index is 13.3. The Balaban J connectivity index is 1.89. The third-order valence-corrected chi connectivity index (χ3v) is 2.70. The lowest BCUT2D eigenvalue weighted by molar-refractivity contribution is -0.170. The molecule has 1 saturated heterocycles. The Morgan fingerprint density at radius 2 is 2.33 bits per heavy atom. The predicted octanol–water partition coefficient (Wildman–Crippen LogP) is 1.12. The average Bonchev–Trinajstić information content (AvgIpc) is 2.32. The molecule has 1 atom stereocenters. The van der Waals surface area contributed by atoms with E-state index in [0.29, 0.717) is 19.8 Å². The van der Waals surface area contributed by atoms with Crippen LogP contribution in [0, 0.1) is 5.82 Å². The maximum absolute atomic E-state index is 13.3. The molecule has 100 valence electrons. The molecule has 0 saturated carbocycles. The Hall–Kier alpha value is -1.40. The van der Waals surface area contributed by atoms with E-state index in [1.807, 2.05) is 13.8 Å². The number of hydrogen-bond acceptors (Lipinski definition) is 4. The molecule has 1 fully saturated rings. The summed E-state index contributed by atoms with van der Waals surface area (Å²) >= 11 is 0. The first-order chi connectivity index (χ1) is 8.46. The quantitative estimate of drug-likeness (QED) is 0.850. The summed E-state index contributed by atoms with van der Waals surface area (Å²) in [6.45, 7) is 5.22. The number of anilines is 1. The lowest BCUT2D eigenvalue weighted by Gasteiger charge is -2.35. The molecule has 0 radical (unpaired) electrons. The molecule has 0 aromatic carbocycles. The van der Waals surface area contributed by atoms with E-state index in [9.17, 15) is 9.18 Å². The molecular weight excluding hydrogens is 239 g/mol. The van der Waals surface area contributed by atoms with Gasteiger partial charge in [-0.05, 0) is 19.9 Å². The Bertz CT molecular complexity index is 463. The molecule has 2 N–H and O–H groups in total. The second kappa shape index (κ2) is 5.07. The van der Waals surface area contributed by atoms with Gasteiger partial charge in [-0.2, -0.15) is 0 Å². The fourth-order valence-electron chi connectivity index (χ4n) is 1.65. The zero-order valence-corrected chi connectivity index (χ0v) is 10.5. The Morgan fingerprint density at radius 3 is 3.00 bits per heavy atom. The van der Waals surface area contributed by atoms with E-state index in [2.05, 4.69) is 10.3 Å². The zero-order valence-electron chi connectivity index (χ0n) is 10.5. The number of nitrogens with one attached hydrogen (secondary N) is 2. The van der Waals surface area contributed by atoms with Crippen molar-refractivity contribution < 1.29 is 13.9 Å². The van der Waals surface area contributed by atoms with Crippen LogP contribution in [0.4, 0.5) is 10.2 Å². The zero-order chi connectivity index (χ0) is 13.2. The number of ether oxygens (including phenoxy) is 2. The van der Waals surface area contributed by atoms with Crippen LogP contribution in [-0.2, 0) is 9.47 Å². The summed E-state index contributed by atoms with van der Waals surface area (Å²) in [6, 6.07) is 2.27. The number of aromatic amines is 1. The first kappa shape index (κ1) is 13.0. The van der Waals surface area contributed by atoms with Crippen LogP contribution in [0.25, 0.3) is 0 Å². The van der Waals surface area contributed by atoms with Crippen LogP contribution in [0.15, 0.2) is 16.9 Å². The summed E-state index contributed by atoms with van der Waals surface area (Å²) in [5, 5.41) is 2.82. The van der Waals surface area contributed by atoms with Gasteiger partial charge in [-0.3, -0.25) is 4.79 Å². The summed E-state index contributed by atoms with van der Waals surface area (Å²) in [7, 11) is 0. The fraction of sp³-hybridized carbons (Fsp3) is 0.583. The van der Waals surface area contributed by atoms with Gasteiger partial charge in [-0.1, -0.05) is 0 Å². The van der Waals surface area contributed by atoms with Crippen molar-refractivity contribution in [3.05, 3.63) is 28.3 Å². The smallest absolute Gasteiger partial charge is 0.249 e. The van der Waals surface area contributed by atoms with Gasteiger partial charge in [-0.15, -0.1) is 0 Å². The van der Waals surface area contributed by atoms with Crippen molar-refractivity contribution in [1.82, 2.24) is 4.98 Å². The number of rotatable bonds is 3. The first-order valence-corrected chi connectivity index (χ1v) is 5.84. The fourth-order valence-corrected chi connectivity index (χ4v) is 1.65. The molecule has 2 rings (SSSR count). The van der Waals surface area contributed by atoms with Crippen LogP contribution < -0.4 is 10.9 Å². The Morgan fingerprint density at radius 1 is 1.56 bits per heavy atom. The van der Waals surface area contributed by atoms with Crippen LogP contribution in [0.1, 0.15) is 13.8 Å².